The minimum Gasteiger partial charge on any atom is -0.356 e. The van der Waals surface area contributed by atoms with E-state index in [0.29, 0.717) is 5.91 Å². The van der Waals surface area contributed by atoms with Crippen LogP contribution in [-0.4, -0.2) is 56.7 Å². The molecule has 0 aliphatic carbocycles. The van der Waals surface area contributed by atoms with Gasteiger partial charge in [-0.3, -0.25) is 9.48 Å². The maximum Gasteiger partial charge on any atom is 0.225 e. The summed E-state index contributed by atoms with van der Waals surface area (Å²) < 4.78 is 1.77. The first-order valence-electron chi connectivity index (χ1n) is 9.30. The molecule has 2 aliphatic rings. The number of amides is 1. The van der Waals surface area contributed by atoms with Crippen LogP contribution in [0.25, 0.3) is 11.0 Å². The Kier molecular flexibility index (Phi) is 4.31. The normalized spacial score (nSPS) is 20.4. The Morgan fingerprint density at radius 3 is 2.52 bits per heavy atom. The molecule has 0 aromatic carbocycles. The fourth-order valence-electron chi connectivity index (χ4n) is 4.03. The van der Waals surface area contributed by atoms with E-state index in [4.69, 9.17) is 0 Å². The molecule has 25 heavy (non-hydrogen) atoms. The molecule has 0 N–H and O–H groups in total. The topological polar surface area (TPSA) is 67.2 Å². The molecule has 0 unspecified atom stereocenters. The molecular weight excluding hydrogens is 316 g/mol. The molecular formula is C18H26N6O. The molecule has 1 amide bonds. The van der Waals surface area contributed by atoms with Crippen LogP contribution in [-0.2, 0) is 11.8 Å². The Morgan fingerprint density at radius 1 is 1.08 bits per heavy atom. The average molecular weight is 342 g/mol. The zero-order chi connectivity index (χ0) is 17.4. The first-order valence-corrected chi connectivity index (χ1v) is 9.30. The van der Waals surface area contributed by atoms with Gasteiger partial charge in [0.05, 0.1) is 11.6 Å². The fourth-order valence-corrected chi connectivity index (χ4v) is 4.03. The Hall–Kier alpha value is -2.18. The van der Waals surface area contributed by atoms with Crippen molar-refractivity contribution in [2.45, 2.75) is 32.6 Å². The third-order valence-electron chi connectivity index (χ3n) is 5.75. The van der Waals surface area contributed by atoms with E-state index in [1.165, 1.54) is 0 Å². The molecule has 4 heterocycles. The molecule has 0 saturated carbocycles. The molecule has 7 heteroatoms. The first kappa shape index (κ1) is 16.3. The predicted molar refractivity (Wildman–Crippen MR) is 96.2 cm³/mol. The van der Waals surface area contributed by atoms with Crippen LogP contribution >= 0.6 is 0 Å². The lowest BCUT2D eigenvalue weighted by atomic mass is 9.92. The van der Waals surface area contributed by atoms with Gasteiger partial charge in [-0.05, 0) is 31.6 Å². The number of piperidine rings is 2. The van der Waals surface area contributed by atoms with E-state index in [1.807, 2.05) is 13.2 Å². The van der Waals surface area contributed by atoms with E-state index in [2.05, 4.69) is 31.8 Å². The zero-order valence-corrected chi connectivity index (χ0v) is 15.1. The highest BCUT2D eigenvalue weighted by Gasteiger charge is 2.31. The number of aryl methyl sites for hydroxylation is 1. The van der Waals surface area contributed by atoms with Crippen LogP contribution in [0.4, 0.5) is 5.82 Å². The highest BCUT2D eigenvalue weighted by Crippen LogP contribution is 2.28. The summed E-state index contributed by atoms with van der Waals surface area (Å²) in [4.78, 5) is 25.9. The van der Waals surface area contributed by atoms with Gasteiger partial charge in [-0.25, -0.2) is 9.97 Å². The van der Waals surface area contributed by atoms with Crippen LogP contribution in [0.15, 0.2) is 12.5 Å². The Bertz CT molecular complexity index is 756. The van der Waals surface area contributed by atoms with Gasteiger partial charge >= 0.3 is 0 Å². The molecule has 2 aliphatic heterocycles. The minimum absolute atomic E-state index is 0.163. The van der Waals surface area contributed by atoms with Crippen molar-refractivity contribution < 1.29 is 4.79 Å². The van der Waals surface area contributed by atoms with Crippen molar-refractivity contribution in [3.05, 3.63) is 12.5 Å². The van der Waals surface area contributed by atoms with Gasteiger partial charge in [0.25, 0.3) is 0 Å². The molecule has 0 spiro atoms. The lowest BCUT2D eigenvalue weighted by Gasteiger charge is -2.37. The standard InChI is InChI=1S/C18H26N6O/c1-13-3-7-24(8-4-13)18(25)14-5-9-23(10-6-14)17-15-11-21-22(2)16(15)19-12-20-17/h11-14H,3-10H2,1-2H3. The summed E-state index contributed by atoms with van der Waals surface area (Å²) in [6.07, 6.45) is 7.52. The number of hydrogen-bond acceptors (Lipinski definition) is 5. The van der Waals surface area contributed by atoms with E-state index in [0.717, 1.165) is 74.6 Å². The number of likely N-dealkylation sites (tertiary alicyclic amines) is 1. The van der Waals surface area contributed by atoms with E-state index in [-0.39, 0.29) is 5.92 Å². The van der Waals surface area contributed by atoms with Gasteiger partial charge in [-0.1, -0.05) is 6.92 Å². The smallest absolute Gasteiger partial charge is 0.225 e. The molecule has 2 aromatic heterocycles. The number of carbonyl (C=O) groups is 1. The van der Waals surface area contributed by atoms with E-state index >= 15 is 0 Å². The summed E-state index contributed by atoms with van der Waals surface area (Å²) in [5.41, 5.74) is 0.852. The lowest BCUT2D eigenvalue weighted by Crippen LogP contribution is -2.45. The van der Waals surface area contributed by atoms with E-state index < -0.39 is 0 Å². The van der Waals surface area contributed by atoms with Crippen LogP contribution in [0.1, 0.15) is 32.6 Å². The van der Waals surface area contributed by atoms with Crippen molar-refractivity contribution >= 4 is 22.8 Å². The number of anilines is 1. The van der Waals surface area contributed by atoms with Crippen molar-refractivity contribution in [2.24, 2.45) is 18.9 Å². The SMILES string of the molecule is CC1CCN(C(=O)C2CCN(c3ncnc4c3cnn4C)CC2)CC1. The number of carbonyl (C=O) groups excluding carboxylic acids is 1. The Balaban J connectivity index is 1.42. The zero-order valence-electron chi connectivity index (χ0n) is 15.1. The first-order chi connectivity index (χ1) is 12.1. The summed E-state index contributed by atoms with van der Waals surface area (Å²) in [6, 6.07) is 0. The van der Waals surface area contributed by atoms with Gasteiger partial charge in [0.1, 0.15) is 12.1 Å². The number of nitrogens with zero attached hydrogens (tertiary/aromatic N) is 6. The third-order valence-corrected chi connectivity index (χ3v) is 5.75. The molecule has 2 saturated heterocycles. The second-order valence-electron chi connectivity index (χ2n) is 7.47. The number of rotatable bonds is 2. The summed E-state index contributed by atoms with van der Waals surface area (Å²) in [7, 11) is 1.89. The number of aromatic nitrogens is 4. The number of hydrogen-bond donors (Lipinski definition) is 0. The highest BCUT2D eigenvalue weighted by atomic mass is 16.2. The molecule has 0 atom stereocenters. The maximum absolute atomic E-state index is 12.8. The van der Waals surface area contributed by atoms with Gasteiger partial charge in [0, 0.05) is 39.1 Å². The molecule has 0 radical (unpaired) electrons. The van der Waals surface area contributed by atoms with Gasteiger partial charge in [0.15, 0.2) is 5.65 Å². The van der Waals surface area contributed by atoms with Gasteiger partial charge < -0.3 is 9.80 Å². The fraction of sp³-hybridized carbons (Fsp3) is 0.667. The molecule has 134 valence electrons. The third kappa shape index (κ3) is 3.07. The van der Waals surface area contributed by atoms with Gasteiger partial charge in [0.2, 0.25) is 5.91 Å². The molecule has 2 fully saturated rings. The van der Waals surface area contributed by atoms with Crippen LogP contribution in [0.2, 0.25) is 0 Å². The summed E-state index contributed by atoms with van der Waals surface area (Å²) in [6.45, 7) is 5.87. The predicted octanol–water partition coefficient (Wildman–Crippen LogP) is 1.84. The van der Waals surface area contributed by atoms with Crippen molar-refractivity contribution in [3.63, 3.8) is 0 Å². The highest BCUT2D eigenvalue weighted by molar-refractivity contribution is 5.87. The van der Waals surface area contributed by atoms with Crippen molar-refractivity contribution in [2.75, 3.05) is 31.1 Å². The molecule has 7 nitrogen and oxygen atoms in total. The minimum atomic E-state index is 0.163. The van der Waals surface area contributed by atoms with Crippen LogP contribution in [0.3, 0.4) is 0 Å². The largest absolute Gasteiger partial charge is 0.356 e. The summed E-state index contributed by atoms with van der Waals surface area (Å²) in [5, 5.41) is 5.27. The van der Waals surface area contributed by atoms with E-state index in [9.17, 15) is 4.79 Å². The average Bonchev–Trinajstić information content (AvgIpc) is 3.03. The summed E-state index contributed by atoms with van der Waals surface area (Å²) >= 11 is 0. The van der Waals surface area contributed by atoms with Crippen molar-refractivity contribution in [1.82, 2.24) is 24.6 Å². The molecule has 0 bridgehead atoms. The second-order valence-corrected chi connectivity index (χ2v) is 7.47. The monoisotopic (exact) mass is 342 g/mol. The maximum atomic E-state index is 12.8. The molecule has 4 rings (SSSR count). The summed E-state index contributed by atoms with van der Waals surface area (Å²) in [5.74, 6) is 2.22. The Morgan fingerprint density at radius 2 is 1.80 bits per heavy atom. The van der Waals surface area contributed by atoms with Gasteiger partial charge in [-0.2, -0.15) is 5.10 Å². The van der Waals surface area contributed by atoms with Crippen LogP contribution in [0, 0.1) is 11.8 Å². The number of fused-ring (bicyclic) bond motifs is 1. The van der Waals surface area contributed by atoms with Crippen molar-refractivity contribution in [1.29, 1.82) is 0 Å². The van der Waals surface area contributed by atoms with Gasteiger partial charge in [-0.15, -0.1) is 0 Å². The van der Waals surface area contributed by atoms with Crippen molar-refractivity contribution in [3.8, 4) is 0 Å². The Labute approximate surface area is 148 Å². The lowest BCUT2D eigenvalue weighted by molar-refractivity contribution is -0.137. The second kappa shape index (κ2) is 6.61. The van der Waals surface area contributed by atoms with E-state index in [1.54, 1.807) is 11.0 Å². The molecule has 2 aromatic rings. The van der Waals surface area contributed by atoms with Crippen LogP contribution in [0.5, 0.6) is 0 Å². The van der Waals surface area contributed by atoms with Crippen LogP contribution < -0.4 is 4.90 Å². The quantitative estimate of drug-likeness (QED) is 0.833.